The fraction of sp³-hybridized carbons (Fsp3) is 0.467. The number of rotatable bonds is 2. The fourth-order valence-corrected chi connectivity index (χ4v) is 3.18. The van der Waals surface area contributed by atoms with E-state index < -0.39 is 6.04 Å². The van der Waals surface area contributed by atoms with Crippen molar-refractivity contribution in [3.63, 3.8) is 0 Å². The number of nitrogens with zero attached hydrogens (tertiary/aromatic N) is 1. The zero-order valence-electron chi connectivity index (χ0n) is 12.1. The second-order valence-corrected chi connectivity index (χ2v) is 5.26. The fourth-order valence-electron chi connectivity index (χ4n) is 3.18. The molecule has 2 aliphatic rings. The van der Waals surface area contributed by atoms with Crippen LogP contribution in [0.4, 0.5) is 0 Å². The van der Waals surface area contributed by atoms with Crippen molar-refractivity contribution < 1.29 is 19.1 Å². The molecule has 1 saturated heterocycles. The summed E-state index contributed by atoms with van der Waals surface area (Å²) in [5.41, 5.74) is 2.10. The van der Waals surface area contributed by atoms with Crippen LogP contribution >= 0.6 is 0 Å². The van der Waals surface area contributed by atoms with E-state index in [1.54, 1.807) is 12.0 Å². The van der Waals surface area contributed by atoms with Crippen molar-refractivity contribution in [2.45, 2.75) is 18.5 Å². The molecule has 0 radical (unpaired) electrons. The maximum absolute atomic E-state index is 12.2. The van der Waals surface area contributed by atoms with Gasteiger partial charge in [0.15, 0.2) is 0 Å². The van der Waals surface area contributed by atoms with Crippen molar-refractivity contribution in [3.8, 4) is 5.75 Å². The number of esters is 1. The van der Waals surface area contributed by atoms with Gasteiger partial charge in [-0.3, -0.25) is 4.79 Å². The van der Waals surface area contributed by atoms with Gasteiger partial charge in [-0.2, -0.15) is 0 Å². The van der Waals surface area contributed by atoms with E-state index in [1.807, 2.05) is 18.2 Å². The summed E-state index contributed by atoms with van der Waals surface area (Å²) in [7, 11) is 2.96. The predicted molar refractivity (Wildman–Crippen MR) is 75.0 cm³/mol. The van der Waals surface area contributed by atoms with Crippen molar-refractivity contribution in [2.75, 3.05) is 27.3 Å². The number of hydrogen-bond acceptors (Lipinski definition) is 5. The topological polar surface area (TPSA) is 67.9 Å². The van der Waals surface area contributed by atoms with E-state index in [1.165, 1.54) is 7.11 Å². The van der Waals surface area contributed by atoms with Crippen LogP contribution in [-0.2, 0) is 20.7 Å². The van der Waals surface area contributed by atoms with E-state index in [0.29, 0.717) is 13.0 Å². The van der Waals surface area contributed by atoms with Gasteiger partial charge in [0.2, 0.25) is 5.91 Å². The Morgan fingerprint density at radius 3 is 2.90 bits per heavy atom. The van der Waals surface area contributed by atoms with Gasteiger partial charge in [0.1, 0.15) is 11.8 Å². The Kier molecular flexibility index (Phi) is 3.55. The Labute approximate surface area is 123 Å². The lowest BCUT2D eigenvalue weighted by atomic mass is 9.86. The molecule has 0 aliphatic carbocycles. The van der Waals surface area contributed by atoms with Gasteiger partial charge >= 0.3 is 5.97 Å². The number of amides is 1. The molecule has 2 atom stereocenters. The highest BCUT2D eigenvalue weighted by Crippen LogP contribution is 2.36. The number of methoxy groups -OCH3 is 2. The van der Waals surface area contributed by atoms with Crippen molar-refractivity contribution in [1.82, 2.24) is 10.2 Å². The molecule has 0 bridgehead atoms. The number of benzene rings is 1. The summed E-state index contributed by atoms with van der Waals surface area (Å²) < 4.78 is 10.1. The average Bonchev–Trinajstić information content (AvgIpc) is 2.52. The molecular formula is C15H18N2O4. The first-order chi connectivity index (χ1) is 10.2. The minimum Gasteiger partial charge on any atom is -0.497 e. The maximum Gasteiger partial charge on any atom is 0.328 e. The number of carbonyl (C=O) groups is 2. The van der Waals surface area contributed by atoms with Crippen molar-refractivity contribution in [1.29, 1.82) is 0 Å². The highest BCUT2D eigenvalue weighted by molar-refractivity contribution is 5.87. The minimum atomic E-state index is -0.561. The Bertz CT molecular complexity index is 587. The van der Waals surface area contributed by atoms with Gasteiger partial charge < -0.3 is 19.7 Å². The number of ether oxygens (including phenoxy) is 2. The number of nitrogens with one attached hydrogen (secondary N) is 1. The van der Waals surface area contributed by atoms with Crippen molar-refractivity contribution in [3.05, 3.63) is 29.3 Å². The Morgan fingerprint density at radius 1 is 1.38 bits per heavy atom. The maximum atomic E-state index is 12.2. The largest absolute Gasteiger partial charge is 0.497 e. The van der Waals surface area contributed by atoms with Crippen molar-refractivity contribution in [2.24, 2.45) is 0 Å². The van der Waals surface area contributed by atoms with Crippen LogP contribution in [0, 0.1) is 0 Å². The van der Waals surface area contributed by atoms with Gasteiger partial charge in [-0.15, -0.1) is 0 Å². The molecule has 2 heterocycles. The van der Waals surface area contributed by atoms with Crippen LogP contribution in [0.5, 0.6) is 5.75 Å². The normalized spacial score (nSPS) is 24.1. The molecule has 0 unspecified atom stereocenters. The summed E-state index contributed by atoms with van der Waals surface area (Å²) in [5, 5.41) is 3.11. The minimum absolute atomic E-state index is 0.0666. The standard InChI is InChI=1S/C15H18N2O4/c1-20-10-3-4-11-9(5-10)6-12(15(19)21-2)17-13(11)7-16-8-14(17)18/h3-5,12-13,16H,6-8H2,1-2H3/t12-,13+/m1/s1. The van der Waals surface area contributed by atoms with Crippen LogP contribution in [0.15, 0.2) is 18.2 Å². The average molecular weight is 290 g/mol. The third-order valence-electron chi connectivity index (χ3n) is 4.17. The summed E-state index contributed by atoms with van der Waals surface area (Å²) in [4.78, 5) is 26.0. The zero-order valence-corrected chi connectivity index (χ0v) is 12.1. The molecule has 0 spiro atoms. The van der Waals surface area contributed by atoms with Crippen LogP contribution in [0.3, 0.4) is 0 Å². The van der Waals surface area contributed by atoms with Crippen LogP contribution in [0.1, 0.15) is 17.2 Å². The van der Waals surface area contributed by atoms with E-state index in [9.17, 15) is 9.59 Å². The smallest absolute Gasteiger partial charge is 0.328 e. The highest BCUT2D eigenvalue weighted by Gasteiger charge is 2.43. The third-order valence-corrected chi connectivity index (χ3v) is 4.17. The Morgan fingerprint density at radius 2 is 2.19 bits per heavy atom. The zero-order chi connectivity index (χ0) is 15.0. The highest BCUT2D eigenvalue weighted by atomic mass is 16.5. The molecule has 3 rings (SSSR count). The van der Waals surface area contributed by atoms with E-state index in [4.69, 9.17) is 9.47 Å². The third kappa shape index (κ3) is 2.25. The quantitative estimate of drug-likeness (QED) is 0.792. The van der Waals surface area contributed by atoms with Crippen LogP contribution in [-0.4, -0.2) is 50.1 Å². The van der Waals surface area contributed by atoms with Crippen LogP contribution in [0.2, 0.25) is 0 Å². The van der Waals surface area contributed by atoms with Gasteiger partial charge in [-0.25, -0.2) is 4.79 Å². The van der Waals surface area contributed by atoms with Crippen LogP contribution < -0.4 is 10.1 Å². The first kappa shape index (κ1) is 13.9. The molecule has 1 aromatic carbocycles. The monoisotopic (exact) mass is 290 g/mol. The Balaban J connectivity index is 2.05. The molecule has 0 aromatic heterocycles. The molecular weight excluding hydrogens is 272 g/mol. The summed E-state index contributed by atoms with van der Waals surface area (Å²) in [6.45, 7) is 0.897. The molecule has 6 nitrogen and oxygen atoms in total. The number of hydrogen-bond donors (Lipinski definition) is 1. The lowest BCUT2D eigenvalue weighted by Gasteiger charge is -2.44. The van der Waals surface area contributed by atoms with E-state index >= 15 is 0 Å². The van der Waals surface area contributed by atoms with E-state index in [2.05, 4.69) is 5.32 Å². The lowest BCUT2D eigenvalue weighted by Crippen LogP contribution is -2.59. The van der Waals surface area contributed by atoms with Gasteiger partial charge in [0.25, 0.3) is 0 Å². The Hall–Kier alpha value is -2.08. The second kappa shape index (κ2) is 5.37. The van der Waals surface area contributed by atoms with Gasteiger partial charge in [-0.05, 0) is 23.3 Å². The van der Waals surface area contributed by atoms with Crippen molar-refractivity contribution >= 4 is 11.9 Å². The second-order valence-electron chi connectivity index (χ2n) is 5.26. The molecule has 1 aromatic rings. The van der Waals surface area contributed by atoms with Gasteiger partial charge in [0.05, 0.1) is 26.8 Å². The molecule has 21 heavy (non-hydrogen) atoms. The lowest BCUT2D eigenvalue weighted by molar-refractivity contribution is -0.157. The molecule has 112 valence electrons. The number of fused-ring (bicyclic) bond motifs is 3. The molecule has 6 heteroatoms. The molecule has 1 fully saturated rings. The predicted octanol–water partition coefficient (Wildman–Crippen LogP) is 0.266. The van der Waals surface area contributed by atoms with E-state index in [-0.39, 0.29) is 24.5 Å². The summed E-state index contributed by atoms with van der Waals surface area (Å²) in [6.07, 6.45) is 0.460. The molecule has 1 amide bonds. The number of piperazine rings is 1. The SMILES string of the molecule is COC(=O)[C@H]1Cc2cc(OC)ccc2[C@@H]2CNCC(=O)N12. The molecule has 1 N–H and O–H groups in total. The van der Waals surface area contributed by atoms with Gasteiger partial charge in [-0.1, -0.05) is 6.07 Å². The summed E-state index contributed by atoms with van der Waals surface area (Å²) in [5.74, 6) is 0.313. The first-order valence-electron chi connectivity index (χ1n) is 6.92. The van der Waals surface area contributed by atoms with Gasteiger partial charge in [0, 0.05) is 13.0 Å². The summed E-state index contributed by atoms with van der Waals surface area (Å²) >= 11 is 0. The van der Waals surface area contributed by atoms with Crippen LogP contribution in [0.25, 0.3) is 0 Å². The number of carbonyl (C=O) groups excluding carboxylic acids is 2. The first-order valence-corrected chi connectivity index (χ1v) is 6.92. The molecule has 2 aliphatic heterocycles. The van der Waals surface area contributed by atoms with E-state index in [0.717, 1.165) is 16.9 Å². The molecule has 0 saturated carbocycles. The summed E-state index contributed by atoms with van der Waals surface area (Å²) in [6, 6.07) is 5.09.